The van der Waals surface area contributed by atoms with Crippen molar-refractivity contribution in [3.8, 4) is 11.5 Å². The standard InChI is InChI=1S/C28H32ClN3O3/c1-28(27(34)30-22-7-4-2-3-5-8-22)19-31-23(25-9-6-18-35-25)14-15-24(31)26(33)32(28)17-16-20-10-12-21(29)13-11-20/h6,9-15,18,22H,2-5,7-8,16-17,19H2,1H3,(H,30,34)/t28-/m1/s1. The van der Waals surface area contributed by atoms with Crippen LogP contribution in [-0.2, 0) is 17.8 Å². The van der Waals surface area contributed by atoms with Gasteiger partial charge < -0.3 is 19.2 Å². The van der Waals surface area contributed by atoms with E-state index >= 15 is 0 Å². The molecular weight excluding hydrogens is 462 g/mol. The first-order valence-electron chi connectivity index (χ1n) is 12.6. The molecule has 3 aromatic rings. The number of rotatable bonds is 6. The second-order valence-corrected chi connectivity index (χ2v) is 10.4. The number of nitrogens with one attached hydrogen (secondary N) is 1. The zero-order chi connectivity index (χ0) is 24.4. The molecule has 5 rings (SSSR count). The summed E-state index contributed by atoms with van der Waals surface area (Å²) in [5, 5.41) is 3.99. The van der Waals surface area contributed by atoms with Crippen LogP contribution in [0.2, 0.25) is 5.02 Å². The van der Waals surface area contributed by atoms with Crippen molar-refractivity contribution in [3.63, 3.8) is 0 Å². The van der Waals surface area contributed by atoms with Gasteiger partial charge in [-0.3, -0.25) is 9.59 Å². The summed E-state index contributed by atoms with van der Waals surface area (Å²) in [7, 11) is 0. The van der Waals surface area contributed by atoms with E-state index in [1.54, 1.807) is 11.2 Å². The Bertz CT molecular complexity index is 1180. The molecular formula is C28H32ClN3O3. The Hall–Kier alpha value is -2.99. The summed E-state index contributed by atoms with van der Waals surface area (Å²) in [5.41, 5.74) is 1.44. The van der Waals surface area contributed by atoms with Crippen LogP contribution in [0.15, 0.2) is 59.2 Å². The minimum Gasteiger partial charge on any atom is -0.463 e. The lowest BCUT2D eigenvalue weighted by Gasteiger charge is -2.45. The van der Waals surface area contributed by atoms with E-state index in [2.05, 4.69) is 5.32 Å². The van der Waals surface area contributed by atoms with E-state index in [4.69, 9.17) is 16.0 Å². The number of nitrogens with zero attached hydrogens (tertiary/aromatic N) is 2. The molecule has 3 heterocycles. The van der Waals surface area contributed by atoms with Gasteiger partial charge in [-0.1, -0.05) is 49.4 Å². The summed E-state index contributed by atoms with van der Waals surface area (Å²) in [5.74, 6) is 0.463. The molecule has 2 aromatic heterocycles. The molecule has 1 N–H and O–H groups in total. The third-order valence-corrected chi connectivity index (χ3v) is 7.75. The van der Waals surface area contributed by atoms with E-state index in [1.807, 2.05) is 60.0 Å². The van der Waals surface area contributed by atoms with Crippen molar-refractivity contribution in [2.24, 2.45) is 0 Å². The van der Waals surface area contributed by atoms with Crippen LogP contribution in [0, 0.1) is 0 Å². The van der Waals surface area contributed by atoms with Gasteiger partial charge >= 0.3 is 0 Å². The second-order valence-electron chi connectivity index (χ2n) is 9.94. The average Bonchev–Trinajstić information content (AvgIpc) is 3.45. The minimum absolute atomic E-state index is 0.0846. The molecule has 0 bridgehead atoms. The van der Waals surface area contributed by atoms with Crippen molar-refractivity contribution in [2.45, 2.75) is 70.0 Å². The number of carbonyl (C=O) groups excluding carboxylic acids is 2. The van der Waals surface area contributed by atoms with Gasteiger partial charge in [-0.2, -0.15) is 0 Å². The quantitative estimate of drug-likeness (QED) is 0.448. The highest BCUT2D eigenvalue weighted by atomic mass is 35.5. The normalized spacial score (nSPS) is 21.0. The van der Waals surface area contributed by atoms with Gasteiger partial charge in [0.1, 0.15) is 17.0 Å². The van der Waals surface area contributed by atoms with E-state index in [9.17, 15) is 9.59 Å². The van der Waals surface area contributed by atoms with E-state index in [1.165, 1.54) is 12.8 Å². The van der Waals surface area contributed by atoms with Gasteiger partial charge in [0.2, 0.25) is 5.91 Å². The van der Waals surface area contributed by atoms with Crippen molar-refractivity contribution in [1.29, 1.82) is 0 Å². The maximum absolute atomic E-state index is 13.9. The Balaban J connectivity index is 1.46. The Morgan fingerprint density at radius 2 is 1.77 bits per heavy atom. The molecule has 0 saturated heterocycles. The third kappa shape index (κ3) is 4.76. The van der Waals surface area contributed by atoms with Gasteiger partial charge in [0.15, 0.2) is 0 Å². The lowest BCUT2D eigenvalue weighted by Crippen LogP contribution is -2.65. The van der Waals surface area contributed by atoms with Crippen LogP contribution in [0.4, 0.5) is 0 Å². The first-order chi connectivity index (χ1) is 17.0. The number of carbonyl (C=O) groups is 2. The molecule has 1 fully saturated rings. The maximum atomic E-state index is 13.9. The highest BCUT2D eigenvalue weighted by molar-refractivity contribution is 6.30. The molecule has 1 atom stereocenters. The molecule has 6 nitrogen and oxygen atoms in total. The fraction of sp³-hybridized carbons (Fsp3) is 0.429. The summed E-state index contributed by atoms with van der Waals surface area (Å²) >= 11 is 6.05. The molecule has 1 aliphatic heterocycles. The largest absolute Gasteiger partial charge is 0.463 e. The number of amides is 2. The molecule has 184 valence electrons. The number of furan rings is 1. The SMILES string of the molecule is C[C@]1(C(=O)NC2CCCCCC2)Cn2c(ccc2-c2ccco2)C(=O)N1CCc1ccc(Cl)cc1. The summed E-state index contributed by atoms with van der Waals surface area (Å²) in [6.07, 6.45) is 8.94. The zero-order valence-corrected chi connectivity index (χ0v) is 20.9. The lowest BCUT2D eigenvalue weighted by atomic mass is 9.93. The van der Waals surface area contributed by atoms with Gasteiger partial charge in [-0.25, -0.2) is 0 Å². The number of aromatic nitrogens is 1. The molecule has 0 radical (unpaired) electrons. The van der Waals surface area contributed by atoms with Crippen LogP contribution in [0.3, 0.4) is 0 Å². The van der Waals surface area contributed by atoms with Crippen LogP contribution in [0.25, 0.3) is 11.5 Å². The highest BCUT2D eigenvalue weighted by Gasteiger charge is 2.48. The van der Waals surface area contributed by atoms with Crippen LogP contribution in [-0.4, -0.2) is 39.4 Å². The first-order valence-corrected chi connectivity index (χ1v) is 12.9. The summed E-state index contributed by atoms with van der Waals surface area (Å²) < 4.78 is 7.57. The van der Waals surface area contributed by atoms with E-state index < -0.39 is 5.54 Å². The van der Waals surface area contributed by atoms with Gasteiger partial charge in [0.05, 0.1) is 18.5 Å². The third-order valence-electron chi connectivity index (χ3n) is 7.50. The van der Waals surface area contributed by atoms with Gasteiger partial charge in [0.25, 0.3) is 5.91 Å². The fourth-order valence-electron chi connectivity index (χ4n) is 5.42. The summed E-state index contributed by atoms with van der Waals surface area (Å²) in [6.45, 7) is 2.71. The Morgan fingerprint density at radius 3 is 2.46 bits per heavy atom. The molecule has 1 aliphatic carbocycles. The van der Waals surface area contributed by atoms with Crippen molar-refractivity contribution in [2.75, 3.05) is 6.54 Å². The predicted molar refractivity (Wildman–Crippen MR) is 136 cm³/mol. The van der Waals surface area contributed by atoms with Crippen molar-refractivity contribution in [3.05, 3.63) is 71.1 Å². The minimum atomic E-state index is -1.02. The highest BCUT2D eigenvalue weighted by Crippen LogP contribution is 2.34. The van der Waals surface area contributed by atoms with E-state index in [-0.39, 0.29) is 17.9 Å². The predicted octanol–water partition coefficient (Wildman–Crippen LogP) is 5.70. The first kappa shape index (κ1) is 23.7. The molecule has 0 spiro atoms. The van der Waals surface area contributed by atoms with Crippen LogP contribution in [0.5, 0.6) is 0 Å². The molecule has 0 unspecified atom stereocenters. The number of hydrogen-bond acceptors (Lipinski definition) is 3. The Morgan fingerprint density at radius 1 is 1.06 bits per heavy atom. The van der Waals surface area contributed by atoms with Gasteiger partial charge in [-0.05, 0) is 68.1 Å². The lowest BCUT2D eigenvalue weighted by molar-refractivity contribution is -0.133. The summed E-state index contributed by atoms with van der Waals surface area (Å²) in [4.78, 5) is 29.5. The smallest absolute Gasteiger partial charge is 0.271 e. The van der Waals surface area contributed by atoms with E-state index in [0.717, 1.165) is 36.9 Å². The van der Waals surface area contributed by atoms with Gasteiger partial charge in [0, 0.05) is 17.6 Å². The Labute approximate surface area is 211 Å². The topological polar surface area (TPSA) is 67.5 Å². The van der Waals surface area contributed by atoms with Crippen molar-refractivity contribution in [1.82, 2.24) is 14.8 Å². The van der Waals surface area contributed by atoms with Gasteiger partial charge in [-0.15, -0.1) is 0 Å². The van der Waals surface area contributed by atoms with Crippen LogP contribution in [0.1, 0.15) is 61.5 Å². The second kappa shape index (κ2) is 9.94. The maximum Gasteiger partial charge on any atom is 0.271 e. The zero-order valence-electron chi connectivity index (χ0n) is 20.1. The molecule has 35 heavy (non-hydrogen) atoms. The monoisotopic (exact) mass is 493 g/mol. The summed E-state index contributed by atoms with van der Waals surface area (Å²) in [6, 6.07) is 15.2. The number of benzene rings is 1. The van der Waals surface area contributed by atoms with Crippen molar-refractivity contribution >= 4 is 23.4 Å². The number of fused-ring (bicyclic) bond motifs is 1. The molecule has 2 aliphatic rings. The Kier molecular flexibility index (Phi) is 6.74. The molecule has 1 saturated carbocycles. The molecule has 1 aromatic carbocycles. The number of halogens is 1. The van der Waals surface area contributed by atoms with Crippen LogP contribution < -0.4 is 5.32 Å². The van der Waals surface area contributed by atoms with E-state index in [0.29, 0.717) is 36.0 Å². The molecule has 7 heteroatoms. The number of hydrogen-bond donors (Lipinski definition) is 1. The molecule has 2 amide bonds. The van der Waals surface area contributed by atoms with Crippen LogP contribution >= 0.6 is 11.6 Å². The van der Waals surface area contributed by atoms with Crippen molar-refractivity contribution < 1.29 is 14.0 Å². The fourth-order valence-corrected chi connectivity index (χ4v) is 5.54. The average molecular weight is 494 g/mol.